The third kappa shape index (κ3) is 5.83. The van der Waals surface area contributed by atoms with Crippen LogP contribution in [0.4, 0.5) is 0 Å². The summed E-state index contributed by atoms with van der Waals surface area (Å²) in [7, 11) is 0. The van der Waals surface area contributed by atoms with E-state index in [1.807, 2.05) is 0 Å². The molecule has 0 heterocycles. The smallest absolute Gasteiger partial charge is 0.0806 e. The lowest BCUT2D eigenvalue weighted by molar-refractivity contribution is -0.0565. The fourth-order valence-corrected chi connectivity index (χ4v) is 3.18. The lowest BCUT2D eigenvalue weighted by Gasteiger charge is -2.33. The van der Waals surface area contributed by atoms with Gasteiger partial charge in [-0.15, -0.1) is 0 Å². The molecule has 0 aromatic heterocycles. The Labute approximate surface area is 119 Å². The van der Waals surface area contributed by atoms with Gasteiger partial charge in [-0.1, -0.05) is 51.9 Å². The van der Waals surface area contributed by atoms with Gasteiger partial charge in [-0.25, -0.2) is 0 Å². The minimum Gasteiger partial charge on any atom is -0.374 e. The number of rotatable bonds is 9. The first-order valence-electron chi connectivity index (χ1n) is 8.72. The third-order valence-corrected chi connectivity index (χ3v) is 4.71. The summed E-state index contributed by atoms with van der Waals surface area (Å²) in [4.78, 5) is 0. The van der Waals surface area contributed by atoms with Crippen molar-refractivity contribution in [1.29, 1.82) is 0 Å². The molecule has 2 heteroatoms. The maximum Gasteiger partial charge on any atom is 0.0806 e. The summed E-state index contributed by atoms with van der Waals surface area (Å²) in [6.45, 7) is 4.35. The van der Waals surface area contributed by atoms with E-state index in [1.165, 1.54) is 77.0 Å². The van der Waals surface area contributed by atoms with Crippen LogP contribution in [-0.4, -0.2) is 24.8 Å². The number of hydrogen-bond acceptors (Lipinski definition) is 2. The molecule has 0 radical (unpaired) electrons. The molecule has 0 aromatic carbocycles. The molecule has 112 valence electrons. The fourth-order valence-electron chi connectivity index (χ4n) is 3.18. The van der Waals surface area contributed by atoms with Crippen LogP contribution in [0.1, 0.15) is 84.0 Å². The summed E-state index contributed by atoms with van der Waals surface area (Å²) in [5.41, 5.74) is 0.172. The molecule has 0 saturated heterocycles. The molecule has 2 aliphatic rings. The molecule has 0 amide bonds. The quantitative estimate of drug-likeness (QED) is 0.493. The average molecular weight is 267 g/mol. The van der Waals surface area contributed by atoms with Gasteiger partial charge in [0, 0.05) is 19.2 Å². The lowest BCUT2D eigenvalue weighted by Crippen LogP contribution is -2.43. The lowest BCUT2D eigenvalue weighted by atomic mass is 9.94. The highest BCUT2D eigenvalue weighted by Gasteiger charge is 2.33. The Morgan fingerprint density at radius 2 is 1.74 bits per heavy atom. The monoisotopic (exact) mass is 267 g/mol. The first-order valence-corrected chi connectivity index (χ1v) is 8.72. The van der Waals surface area contributed by atoms with E-state index in [1.54, 1.807) is 0 Å². The van der Waals surface area contributed by atoms with Crippen molar-refractivity contribution in [1.82, 2.24) is 5.32 Å². The summed E-state index contributed by atoms with van der Waals surface area (Å²) in [6.07, 6.45) is 16.1. The van der Waals surface area contributed by atoms with Crippen LogP contribution in [0, 0.1) is 0 Å². The second kappa shape index (κ2) is 8.26. The number of ether oxygens (including phenoxy) is 1. The van der Waals surface area contributed by atoms with Crippen LogP contribution in [0.5, 0.6) is 0 Å². The van der Waals surface area contributed by atoms with Gasteiger partial charge in [-0.05, 0) is 32.1 Å². The second-order valence-corrected chi connectivity index (χ2v) is 6.66. The summed E-state index contributed by atoms with van der Waals surface area (Å²) in [5, 5.41) is 3.72. The van der Waals surface area contributed by atoms with E-state index in [2.05, 4.69) is 12.2 Å². The third-order valence-electron chi connectivity index (χ3n) is 4.71. The summed E-state index contributed by atoms with van der Waals surface area (Å²) in [6, 6.07) is 0.809. The van der Waals surface area contributed by atoms with Crippen LogP contribution < -0.4 is 5.32 Å². The highest BCUT2D eigenvalue weighted by atomic mass is 16.5. The van der Waals surface area contributed by atoms with Crippen molar-refractivity contribution in [3.05, 3.63) is 0 Å². The molecule has 1 N–H and O–H groups in total. The van der Waals surface area contributed by atoms with Crippen LogP contribution in [0.25, 0.3) is 0 Å². The molecule has 0 aromatic rings. The van der Waals surface area contributed by atoms with Crippen LogP contribution in [0.15, 0.2) is 0 Å². The van der Waals surface area contributed by atoms with Crippen molar-refractivity contribution >= 4 is 0 Å². The van der Waals surface area contributed by atoms with E-state index in [0.717, 1.165) is 19.2 Å². The van der Waals surface area contributed by atoms with Crippen LogP contribution in [0.2, 0.25) is 0 Å². The Morgan fingerprint density at radius 1 is 1.00 bits per heavy atom. The summed E-state index contributed by atoms with van der Waals surface area (Å²) >= 11 is 0. The summed E-state index contributed by atoms with van der Waals surface area (Å²) < 4.78 is 6.41. The minimum absolute atomic E-state index is 0.172. The van der Waals surface area contributed by atoms with Gasteiger partial charge < -0.3 is 10.1 Å². The zero-order valence-electron chi connectivity index (χ0n) is 12.9. The van der Waals surface area contributed by atoms with Gasteiger partial charge in [-0.3, -0.25) is 0 Å². The van der Waals surface area contributed by atoms with E-state index in [-0.39, 0.29) is 5.60 Å². The van der Waals surface area contributed by atoms with E-state index >= 15 is 0 Å². The minimum atomic E-state index is 0.172. The molecule has 2 saturated carbocycles. The van der Waals surface area contributed by atoms with E-state index < -0.39 is 0 Å². The van der Waals surface area contributed by atoms with Gasteiger partial charge in [0.2, 0.25) is 0 Å². The largest absolute Gasteiger partial charge is 0.374 e. The van der Waals surface area contributed by atoms with Crippen LogP contribution in [-0.2, 0) is 4.74 Å². The molecular weight excluding hydrogens is 234 g/mol. The Kier molecular flexibility index (Phi) is 6.66. The Morgan fingerprint density at radius 3 is 2.37 bits per heavy atom. The highest BCUT2D eigenvalue weighted by molar-refractivity contribution is 4.90. The van der Waals surface area contributed by atoms with Crippen LogP contribution in [0.3, 0.4) is 0 Å². The zero-order chi connectivity index (χ0) is 13.4. The predicted molar refractivity (Wildman–Crippen MR) is 81.6 cm³/mol. The molecule has 0 aliphatic heterocycles. The topological polar surface area (TPSA) is 21.3 Å². The van der Waals surface area contributed by atoms with Crippen molar-refractivity contribution in [3.63, 3.8) is 0 Å². The predicted octanol–water partition coefficient (Wildman–Crippen LogP) is 4.43. The molecular formula is C17H33NO. The van der Waals surface area contributed by atoms with Crippen molar-refractivity contribution < 1.29 is 4.74 Å². The normalized spacial score (nSPS) is 23.2. The number of nitrogens with one attached hydrogen (secondary N) is 1. The molecule has 19 heavy (non-hydrogen) atoms. The van der Waals surface area contributed by atoms with Gasteiger partial charge in [0.1, 0.15) is 0 Å². The molecule has 2 fully saturated rings. The average Bonchev–Trinajstić information content (AvgIpc) is 3.24. The Hall–Kier alpha value is -0.0800. The van der Waals surface area contributed by atoms with Gasteiger partial charge in [-0.2, -0.15) is 0 Å². The zero-order valence-corrected chi connectivity index (χ0v) is 12.9. The van der Waals surface area contributed by atoms with E-state index in [9.17, 15) is 0 Å². The summed E-state index contributed by atoms with van der Waals surface area (Å²) in [5.74, 6) is 0. The van der Waals surface area contributed by atoms with Gasteiger partial charge in [0.15, 0.2) is 0 Å². The SMILES string of the molecule is CCCCCCOC1(CNC2CC2)CCCCCC1. The van der Waals surface area contributed by atoms with Crippen molar-refractivity contribution in [2.24, 2.45) is 0 Å². The fraction of sp³-hybridized carbons (Fsp3) is 1.00. The molecule has 2 rings (SSSR count). The number of unbranched alkanes of at least 4 members (excludes halogenated alkanes) is 3. The van der Waals surface area contributed by atoms with Crippen molar-refractivity contribution in [2.75, 3.05) is 13.2 Å². The maximum atomic E-state index is 6.41. The Bertz CT molecular complexity index is 229. The second-order valence-electron chi connectivity index (χ2n) is 6.66. The molecule has 0 atom stereocenters. The first kappa shape index (κ1) is 15.3. The maximum absolute atomic E-state index is 6.41. The Balaban J connectivity index is 1.74. The highest BCUT2D eigenvalue weighted by Crippen LogP contribution is 2.31. The van der Waals surface area contributed by atoms with Gasteiger partial charge in [0.25, 0.3) is 0 Å². The standard InChI is InChI=1S/C17H33NO/c1-2-3-4-9-14-19-17(15-18-16-10-11-16)12-7-5-6-8-13-17/h16,18H,2-15H2,1H3. The van der Waals surface area contributed by atoms with Crippen molar-refractivity contribution in [3.8, 4) is 0 Å². The first-order chi connectivity index (χ1) is 9.35. The molecule has 0 unspecified atom stereocenters. The molecule has 2 aliphatic carbocycles. The van der Waals surface area contributed by atoms with E-state index in [4.69, 9.17) is 4.74 Å². The van der Waals surface area contributed by atoms with E-state index in [0.29, 0.717) is 0 Å². The molecule has 0 bridgehead atoms. The van der Waals surface area contributed by atoms with Gasteiger partial charge >= 0.3 is 0 Å². The molecule has 0 spiro atoms. The van der Waals surface area contributed by atoms with Crippen LogP contribution >= 0.6 is 0 Å². The van der Waals surface area contributed by atoms with Gasteiger partial charge in [0.05, 0.1) is 5.60 Å². The van der Waals surface area contributed by atoms with Crippen molar-refractivity contribution in [2.45, 2.75) is 95.6 Å². The molecule has 2 nitrogen and oxygen atoms in total. The number of hydrogen-bond donors (Lipinski definition) is 1.